The van der Waals surface area contributed by atoms with Crippen molar-refractivity contribution in [1.29, 1.82) is 0 Å². The van der Waals surface area contributed by atoms with Crippen LogP contribution in [-0.2, 0) is 4.79 Å². The third-order valence-electron chi connectivity index (χ3n) is 5.36. The van der Waals surface area contributed by atoms with Gasteiger partial charge in [0.2, 0.25) is 0 Å². The lowest BCUT2D eigenvalue weighted by atomic mass is 9.95. The summed E-state index contributed by atoms with van der Waals surface area (Å²) in [4.78, 5) is 16.3. The summed E-state index contributed by atoms with van der Waals surface area (Å²) in [6.45, 7) is 2.08. The Balaban J connectivity index is 1.46. The molecule has 1 aliphatic carbocycles. The van der Waals surface area contributed by atoms with Crippen molar-refractivity contribution in [1.82, 2.24) is 25.2 Å². The average Bonchev–Trinajstić information content (AvgIpc) is 3.23. The average molecular weight is 435 g/mol. The number of hydrogen-bond donors (Lipinski definition) is 1. The van der Waals surface area contributed by atoms with Crippen LogP contribution in [0.15, 0.2) is 59.0 Å². The zero-order chi connectivity index (χ0) is 21.5. The van der Waals surface area contributed by atoms with Crippen LogP contribution < -0.4 is 5.43 Å². The fourth-order valence-corrected chi connectivity index (χ4v) is 4.53. The van der Waals surface area contributed by atoms with Gasteiger partial charge in [0.05, 0.1) is 12.0 Å². The van der Waals surface area contributed by atoms with Gasteiger partial charge in [0, 0.05) is 24.0 Å². The highest BCUT2D eigenvalue weighted by Gasteiger charge is 2.24. The zero-order valence-corrected chi connectivity index (χ0v) is 18.4. The lowest BCUT2D eigenvalue weighted by Crippen LogP contribution is -2.20. The fourth-order valence-electron chi connectivity index (χ4n) is 3.73. The van der Waals surface area contributed by atoms with Crippen molar-refractivity contribution in [3.63, 3.8) is 0 Å². The van der Waals surface area contributed by atoms with Gasteiger partial charge in [-0.15, -0.1) is 10.2 Å². The SMILES string of the molecule is Cc1ccc(-c2nnc(SCC(=O)N/N=C\c3ccncc3)n2C2CCCCC2)cc1. The molecular weight excluding hydrogens is 408 g/mol. The smallest absolute Gasteiger partial charge is 0.250 e. The first-order valence-corrected chi connectivity index (χ1v) is 11.6. The standard InChI is InChI=1S/C23H26N6OS/c1-17-7-9-19(10-8-17)22-27-28-23(29(22)20-5-3-2-4-6-20)31-16-21(30)26-25-15-18-11-13-24-14-12-18/h7-15,20H,2-6,16H2,1H3,(H,26,30)/b25-15-. The molecule has 1 aliphatic rings. The minimum Gasteiger partial charge on any atom is -0.299 e. The first-order valence-electron chi connectivity index (χ1n) is 10.6. The van der Waals surface area contributed by atoms with Crippen LogP contribution in [0, 0.1) is 6.92 Å². The second-order valence-corrected chi connectivity index (χ2v) is 8.64. The molecule has 2 heterocycles. The van der Waals surface area contributed by atoms with Gasteiger partial charge in [-0.2, -0.15) is 5.10 Å². The summed E-state index contributed by atoms with van der Waals surface area (Å²) >= 11 is 1.41. The van der Waals surface area contributed by atoms with E-state index in [1.807, 2.05) is 12.1 Å². The number of thioether (sulfide) groups is 1. The van der Waals surface area contributed by atoms with E-state index in [2.05, 4.69) is 61.5 Å². The maximum atomic E-state index is 12.3. The van der Waals surface area contributed by atoms with Crippen molar-refractivity contribution in [3.05, 3.63) is 59.9 Å². The van der Waals surface area contributed by atoms with Crippen molar-refractivity contribution in [3.8, 4) is 11.4 Å². The van der Waals surface area contributed by atoms with Crippen molar-refractivity contribution < 1.29 is 4.79 Å². The molecule has 4 rings (SSSR count). The van der Waals surface area contributed by atoms with Crippen molar-refractivity contribution in [2.45, 2.75) is 50.2 Å². The summed E-state index contributed by atoms with van der Waals surface area (Å²) in [6.07, 6.45) is 10.9. The highest BCUT2D eigenvalue weighted by molar-refractivity contribution is 7.99. The monoisotopic (exact) mass is 434 g/mol. The van der Waals surface area contributed by atoms with Gasteiger partial charge in [-0.25, -0.2) is 5.43 Å². The Kier molecular flexibility index (Phi) is 7.09. The summed E-state index contributed by atoms with van der Waals surface area (Å²) in [7, 11) is 0. The van der Waals surface area contributed by atoms with Gasteiger partial charge in [-0.3, -0.25) is 14.3 Å². The largest absolute Gasteiger partial charge is 0.299 e. The second-order valence-electron chi connectivity index (χ2n) is 7.70. The van der Waals surface area contributed by atoms with Crippen LogP contribution in [-0.4, -0.2) is 37.6 Å². The highest BCUT2D eigenvalue weighted by Crippen LogP contribution is 2.35. The predicted octanol–water partition coefficient (Wildman–Crippen LogP) is 4.40. The quantitative estimate of drug-likeness (QED) is 0.338. The van der Waals surface area contributed by atoms with Crippen LogP contribution in [0.4, 0.5) is 0 Å². The van der Waals surface area contributed by atoms with Crippen molar-refractivity contribution >= 4 is 23.9 Å². The van der Waals surface area contributed by atoms with Crippen LogP contribution >= 0.6 is 11.8 Å². The number of amides is 1. The van der Waals surface area contributed by atoms with Crippen LogP contribution in [0.1, 0.15) is 49.3 Å². The summed E-state index contributed by atoms with van der Waals surface area (Å²) < 4.78 is 2.24. The molecule has 8 heteroatoms. The number of rotatable bonds is 7. The van der Waals surface area contributed by atoms with Gasteiger partial charge in [0.15, 0.2) is 11.0 Å². The fraction of sp³-hybridized carbons (Fsp3) is 0.348. The van der Waals surface area contributed by atoms with Gasteiger partial charge < -0.3 is 0 Å². The summed E-state index contributed by atoms with van der Waals surface area (Å²) in [6, 6.07) is 12.4. The number of carbonyl (C=O) groups excluding carboxylic acids is 1. The van der Waals surface area contributed by atoms with Gasteiger partial charge in [0.25, 0.3) is 5.91 Å². The number of hydrazone groups is 1. The Morgan fingerprint density at radius 2 is 1.87 bits per heavy atom. The molecule has 0 bridgehead atoms. The third kappa shape index (κ3) is 5.58. The summed E-state index contributed by atoms with van der Waals surface area (Å²) in [5.41, 5.74) is 5.73. The molecule has 7 nitrogen and oxygen atoms in total. The lowest BCUT2D eigenvalue weighted by Gasteiger charge is -2.25. The number of hydrogen-bond acceptors (Lipinski definition) is 6. The van der Waals surface area contributed by atoms with Gasteiger partial charge >= 0.3 is 0 Å². The predicted molar refractivity (Wildman–Crippen MR) is 123 cm³/mol. The van der Waals surface area contributed by atoms with E-state index in [4.69, 9.17) is 0 Å². The van der Waals surface area contributed by atoms with E-state index >= 15 is 0 Å². The van der Waals surface area contributed by atoms with Gasteiger partial charge in [0.1, 0.15) is 0 Å². The van der Waals surface area contributed by atoms with Crippen molar-refractivity contribution in [2.75, 3.05) is 5.75 Å². The number of aromatic nitrogens is 4. The summed E-state index contributed by atoms with van der Waals surface area (Å²) in [5.74, 6) is 0.933. The molecule has 0 unspecified atom stereocenters. The molecule has 0 aliphatic heterocycles. The molecule has 0 spiro atoms. The Bertz CT molecular complexity index is 1030. The number of nitrogens with one attached hydrogen (secondary N) is 1. The molecule has 0 radical (unpaired) electrons. The molecule has 0 atom stereocenters. The minimum absolute atomic E-state index is 0.176. The second kappa shape index (κ2) is 10.3. The van der Waals surface area contributed by atoms with Gasteiger partial charge in [-0.05, 0) is 37.5 Å². The molecule has 31 heavy (non-hydrogen) atoms. The topological polar surface area (TPSA) is 85.1 Å². The Labute approximate surface area is 186 Å². The number of aryl methyl sites for hydroxylation is 1. The number of nitrogens with zero attached hydrogens (tertiary/aromatic N) is 5. The molecule has 1 saturated carbocycles. The Morgan fingerprint density at radius 3 is 2.61 bits per heavy atom. The van der Waals surface area contributed by atoms with E-state index in [1.54, 1.807) is 18.6 Å². The maximum absolute atomic E-state index is 12.3. The van der Waals surface area contributed by atoms with E-state index in [0.717, 1.165) is 34.9 Å². The van der Waals surface area contributed by atoms with Crippen LogP contribution in [0.3, 0.4) is 0 Å². The lowest BCUT2D eigenvalue weighted by molar-refractivity contribution is -0.118. The molecule has 0 saturated heterocycles. The third-order valence-corrected chi connectivity index (χ3v) is 6.30. The van der Waals surface area contributed by atoms with E-state index in [1.165, 1.54) is 36.6 Å². The Hall–Kier alpha value is -3.00. The van der Waals surface area contributed by atoms with Crippen LogP contribution in [0.5, 0.6) is 0 Å². The van der Waals surface area contributed by atoms with Crippen LogP contribution in [0.25, 0.3) is 11.4 Å². The molecule has 3 aromatic rings. The zero-order valence-electron chi connectivity index (χ0n) is 17.6. The first-order chi connectivity index (χ1) is 15.2. The molecule has 1 amide bonds. The molecule has 1 fully saturated rings. The molecular formula is C23H26N6OS. The van der Waals surface area contributed by atoms with E-state index in [0.29, 0.717) is 6.04 Å². The number of carbonyl (C=O) groups is 1. The first kappa shape index (κ1) is 21.2. The van der Waals surface area contributed by atoms with Crippen LogP contribution in [0.2, 0.25) is 0 Å². The molecule has 160 valence electrons. The van der Waals surface area contributed by atoms with Crippen molar-refractivity contribution in [2.24, 2.45) is 5.10 Å². The highest BCUT2D eigenvalue weighted by atomic mass is 32.2. The molecule has 1 N–H and O–H groups in total. The maximum Gasteiger partial charge on any atom is 0.250 e. The van der Waals surface area contributed by atoms with E-state index in [-0.39, 0.29) is 11.7 Å². The number of benzene rings is 1. The van der Waals surface area contributed by atoms with Gasteiger partial charge in [-0.1, -0.05) is 60.9 Å². The number of pyridine rings is 1. The summed E-state index contributed by atoms with van der Waals surface area (Å²) in [5, 5.41) is 13.7. The Morgan fingerprint density at radius 1 is 1.13 bits per heavy atom. The van der Waals surface area contributed by atoms with E-state index in [9.17, 15) is 4.79 Å². The van der Waals surface area contributed by atoms with E-state index < -0.39 is 0 Å². The molecule has 1 aromatic carbocycles. The minimum atomic E-state index is -0.176. The molecule has 2 aromatic heterocycles. The normalized spacial score (nSPS) is 14.7.